The third-order valence-electron chi connectivity index (χ3n) is 5.72. The van der Waals surface area contributed by atoms with Crippen molar-refractivity contribution < 1.29 is 22.4 Å². The summed E-state index contributed by atoms with van der Waals surface area (Å²) in [6.45, 7) is 0.0544. The van der Waals surface area contributed by atoms with Crippen molar-refractivity contribution in [1.82, 2.24) is 0 Å². The van der Waals surface area contributed by atoms with Crippen molar-refractivity contribution in [1.29, 1.82) is 0 Å². The summed E-state index contributed by atoms with van der Waals surface area (Å²) in [6.07, 6.45) is 0. The Labute approximate surface area is 188 Å². The topological polar surface area (TPSA) is 74.8 Å². The monoisotopic (exact) mass is 470 g/mol. The largest absolute Gasteiger partial charge is 0.304 e. The number of benzene rings is 3. The van der Waals surface area contributed by atoms with Crippen LogP contribution in [0.1, 0.15) is 11.1 Å². The summed E-state index contributed by atoms with van der Waals surface area (Å²) in [4.78, 5) is 26.9. The summed E-state index contributed by atoms with van der Waals surface area (Å²) in [6, 6.07) is 18.3. The Hall–Kier alpha value is -3.23. The number of amides is 2. The lowest BCUT2D eigenvalue weighted by molar-refractivity contribution is -0.123. The second-order valence-corrected chi connectivity index (χ2v) is 10.2. The van der Waals surface area contributed by atoms with Gasteiger partial charge in [-0.2, -0.15) is 0 Å². The number of para-hydroxylation sites is 1. The Bertz CT molecular complexity index is 1390. The molecule has 0 aromatic heterocycles. The fraction of sp³-hybridized carbons (Fsp3) is 0.130. The lowest BCUT2D eigenvalue weighted by Gasteiger charge is -2.32. The van der Waals surface area contributed by atoms with Crippen molar-refractivity contribution in [2.75, 3.05) is 15.6 Å². The fourth-order valence-electron chi connectivity index (χ4n) is 4.48. The van der Waals surface area contributed by atoms with Crippen LogP contribution in [0.2, 0.25) is 5.02 Å². The molecular weight excluding hydrogens is 455 g/mol. The molecule has 32 heavy (non-hydrogen) atoms. The Morgan fingerprint density at radius 1 is 0.969 bits per heavy atom. The highest BCUT2D eigenvalue weighted by Gasteiger charge is 2.69. The zero-order chi connectivity index (χ0) is 22.7. The molecule has 1 saturated heterocycles. The number of sulfone groups is 1. The van der Waals surface area contributed by atoms with Crippen LogP contribution >= 0.6 is 11.6 Å². The second-order valence-electron chi connectivity index (χ2n) is 7.65. The summed E-state index contributed by atoms with van der Waals surface area (Å²) in [5, 5.41) is 0.474. The van der Waals surface area contributed by atoms with Crippen molar-refractivity contribution in [2.24, 2.45) is 0 Å². The smallest absolute Gasteiger partial charge is 0.274 e. The molecule has 1 unspecified atom stereocenters. The molecule has 6 nitrogen and oxygen atoms in total. The molecule has 0 bridgehead atoms. The minimum absolute atomic E-state index is 0.00355. The molecule has 1 fully saturated rings. The van der Waals surface area contributed by atoms with Gasteiger partial charge in [0.05, 0.1) is 12.2 Å². The van der Waals surface area contributed by atoms with Gasteiger partial charge in [0.2, 0.25) is 5.91 Å². The van der Waals surface area contributed by atoms with Gasteiger partial charge in [0.15, 0.2) is 9.84 Å². The van der Waals surface area contributed by atoms with E-state index in [1.54, 1.807) is 42.5 Å². The predicted molar refractivity (Wildman–Crippen MR) is 118 cm³/mol. The van der Waals surface area contributed by atoms with Crippen LogP contribution in [0.4, 0.5) is 15.8 Å². The number of nitrogens with zero attached hydrogens (tertiary/aromatic N) is 2. The van der Waals surface area contributed by atoms with Crippen LogP contribution in [0.5, 0.6) is 0 Å². The van der Waals surface area contributed by atoms with Crippen LogP contribution in [0.15, 0.2) is 72.8 Å². The average Bonchev–Trinajstić information content (AvgIpc) is 3.11. The van der Waals surface area contributed by atoms with E-state index in [-0.39, 0.29) is 17.8 Å². The Morgan fingerprint density at radius 3 is 2.47 bits per heavy atom. The van der Waals surface area contributed by atoms with Crippen molar-refractivity contribution in [3.63, 3.8) is 0 Å². The molecule has 2 aliphatic heterocycles. The summed E-state index contributed by atoms with van der Waals surface area (Å²) in [7, 11) is -4.30. The molecule has 0 N–H and O–H groups in total. The molecule has 9 heteroatoms. The number of carbonyl (C=O) groups is 2. The number of hydrogen-bond acceptors (Lipinski definition) is 4. The van der Waals surface area contributed by atoms with Gasteiger partial charge in [0.1, 0.15) is 11.6 Å². The minimum atomic E-state index is -4.30. The van der Waals surface area contributed by atoms with E-state index in [0.717, 1.165) is 11.0 Å². The highest BCUT2D eigenvalue weighted by molar-refractivity contribution is 7.94. The van der Waals surface area contributed by atoms with Crippen LogP contribution in [0, 0.1) is 5.82 Å². The van der Waals surface area contributed by atoms with Gasteiger partial charge < -0.3 is 4.90 Å². The molecular formula is C23H16ClFN2O4S. The summed E-state index contributed by atoms with van der Waals surface area (Å²) in [5.41, 5.74) is 1.24. The average molecular weight is 471 g/mol. The molecule has 0 aliphatic carbocycles. The molecule has 5 rings (SSSR count). The number of anilines is 2. The van der Waals surface area contributed by atoms with Crippen molar-refractivity contribution in [3.8, 4) is 0 Å². The molecule has 0 saturated carbocycles. The van der Waals surface area contributed by atoms with Gasteiger partial charge in [-0.1, -0.05) is 48.0 Å². The second kappa shape index (κ2) is 7.15. The van der Waals surface area contributed by atoms with Gasteiger partial charge in [-0.25, -0.2) is 12.8 Å². The number of rotatable bonds is 3. The minimum Gasteiger partial charge on any atom is -0.304 e. The van der Waals surface area contributed by atoms with E-state index < -0.39 is 38.1 Å². The van der Waals surface area contributed by atoms with Crippen molar-refractivity contribution in [2.45, 2.75) is 11.4 Å². The van der Waals surface area contributed by atoms with E-state index in [1.165, 1.54) is 29.2 Å². The first-order valence-electron chi connectivity index (χ1n) is 9.72. The van der Waals surface area contributed by atoms with Crippen molar-refractivity contribution in [3.05, 3.63) is 94.8 Å². The highest BCUT2D eigenvalue weighted by Crippen LogP contribution is 2.52. The standard InChI is InChI=1S/C23H16ClFN2O4S/c24-16-6-3-5-15(11-16)13-26-20-10-2-1-9-19(20)23(22(26)29)27(21(28)14-32(23,30)31)18-8-4-7-17(25)12-18/h1-12H,13-14H2. The van der Waals surface area contributed by atoms with Crippen LogP contribution in [0.3, 0.4) is 0 Å². The van der Waals surface area contributed by atoms with Gasteiger partial charge >= 0.3 is 0 Å². The first-order chi connectivity index (χ1) is 15.3. The van der Waals surface area contributed by atoms with Gasteiger partial charge in [-0.15, -0.1) is 0 Å². The lowest BCUT2D eigenvalue weighted by Crippen LogP contribution is -2.54. The first kappa shape index (κ1) is 20.7. The third-order valence-corrected chi connectivity index (χ3v) is 8.06. The maximum Gasteiger partial charge on any atom is 0.274 e. The Morgan fingerprint density at radius 2 is 1.72 bits per heavy atom. The molecule has 162 valence electrons. The van der Waals surface area contributed by atoms with Gasteiger partial charge in [-0.3, -0.25) is 14.5 Å². The number of halogens is 2. The molecule has 2 heterocycles. The highest BCUT2D eigenvalue weighted by atomic mass is 35.5. The first-order valence-corrected chi connectivity index (χ1v) is 11.8. The van der Waals surface area contributed by atoms with Crippen LogP contribution in [0.25, 0.3) is 0 Å². The summed E-state index contributed by atoms with van der Waals surface area (Å²) >= 11 is 6.08. The zero-order valence-electron chi connectivity index (χ0n) is 16.5. The zero-order valence-corrected chi connectivity index (χ0v) is 18.1. The molecule has 3 aromatic rings. The lowest BCUT2D eigenvalue weighted by atomic mass is 10.0. The maximum atomic E-state index is 14.0. The third kappa shape index (κ3) is 2.79. The Kier molecular flexibility index (Phi) is 4.61. The molecule has 1 spiro atoms. The van der Waals surface area contributed by atoms with Crippen molar-refractivity contribution >= 4 is 44.6 Å². The van der Waals surface area contributed by atoms with E-state index in [4.69, 9.17) is 11.6 Å². The molecule has 3 aromatic carbocycles. The van der Waals surface area contributed by atoms with E-state index >= 15 is 0 Å². The number of hydrogen-bond donors (Lipinski definition) is 0. The number of fused-ring (bicyclic) bond motifs is 2. The maximum absolute atomic E-state index is 14.0. The van der Waals surface area contributed by atoms with E-state index in [1.807, 2.05) is 0 Å². The van der Waals surface area contributed by atoms with Crippen LogP contribution in [-0.2, 0) is 30.8 Å². The van der Waals surface area contributed by atoms with Crippen LogP contribution < -0.4 is 9.80 Å². The fourth-order valence-corrected chi connectivity index (χ4v) is 6.73. The number of carbonyl (C=O) groups excluding carboxylic acids is 2. The SMILES string of the molecule is O=C1CS(=O)(=O)C2(C(=O)N(Cc3cccc(Cl)c3)c3ccccc32)N1c1cccc(F)c1. The molecule has 1 atom stereocenters. The van der Waals surface area contributed by atoms with Crippen LogP contribution in [-0.4, -0.2) is 26.0 Å². The van der Waals surface area contributed by atoms with E-state index in [0.29, 0.717) is 16.3 Å². The molecule has 2 aliphatic rings. The normalized spacial score (nSPS) is 21.4. The Balaban J connectivity index is 1.74. The summed E-state index contributed by atoms with van der Waals surface area (Å²) in [5.74, 6) is -3.07. The quantitative estimate of drug-likeness (QED) is 0.585. The van der Waals surface area contributed by atoms with Gasteiger partial charge in [0.25, 0.3) is 10.8 Å². The summed E-state index contributed by atoms with van der Waals surface area (Å²) < 4.78 is 40.9. The van der Waals surface area contributed by atoms with Gasteiger partial charge in [0, 0.05) is 16.3 Å². The molecule has 0 radical (unpaired) electrons. The molecule has 2 amide bonds. The van der Waals surface area contributed by atoms with E-state index in [2.05, 4.69) is 0 Å². The van der Waals surface area contributed by atoms with Gasteiger partial charge in [-0.05, 0) is 42.0 Å². The van der Waals surface area contributed by atoms with E-state index in [9.17, 15) is 22.4 Å². The predicted octanol–water partition coefficient (Wildman–Crippen LogP) is 3.64.